The largest absolute Gasteiger partial charge is 0.352 e. The predicted octanol–water partition coefficient (Wildman–Crippen LogP) is 4.42. The van der Waals surface area contributed by atoms with E-state index in [2.05, 4.69) is 5.32 Å². The molecule has 0 spiro atoms. The summed E-state index contributed by atoms with van der Waals surface area (Å²) in [6.45, 7) is 8.28. The van der Waals surface area contributed by atoms with Crippen molar-refractivity contribution in [3.63, 3.8) is 0 Å². The molecule has 0 fully saturated rings. The Morgan fingerprint density at radius 3 is 2.25 bits per heavy atom. The van der Waals surface area contributed by atoms with Gasteiger partial charge in [-0.3, -0.25) is 9.59 Å². The molecule has 1 N–H and O–H groups in total. The molecule has 4 nitrogen and oxygen atoms in total. The second-order valence-electron chi connectivity index (χ2n) is 7.20. The minimum Gasteiger partial charge on any atom is -0.352 e. The minimum atomic E-state index is -0.478. The van der Waals surface area contributed by atoms with Crippen molar-refractivity contribution in [2.45, 2.75) is 57.6 Å². The van der Waals surface area contributed by atoms with Gasteiger partial charge in [-0.2, -0.15) is 0 Å². The molecule has 2 aromatic carbocycles. The molecule has 2 amide bonds. The van der Waals surface area contributed by atoms with Crippen molar-refractivity contribution >= 4 is 23.6 Å². The summed E-state index contributed by atoms with van der Waals surface area (Å²) < 4.78 is 0. The van der Waals surface area contributed by atoms with Gasteiger partial charge in [0.25, 0.3) is 0 Å². The molecule has 0 radical (unpaired) electrons. The number of amides is 2. The fraction of sp³-hybridized carbons (Fsp3) is 0.391. The lowest BCUT2D eigenvalue weighted by molar-refractivity contribution is -0.139. The van der Waals surface area contributed by atoms with Gasteiger partial charge in [0.05, 0.1) is 5.75 Å². The first kappa shape index (κ1) is 22.0. The molecule has 0 aromatic heterocycles. The van der Waals surface area contributed by atoms with Crippen LogP contribution in [0.4, 0.5) is 0 Å². The topological polar surface area (TPSA) is 49.4 Å². The molecule has 0 unspecified atom stereocenters. The standard InChI is InChI=1S/C23H30N2O2S/c1-5-21(23(27)24-17(2)3)25(15-19-9-7-6-8-10-19)22(26)16-28-20-13-11-18(4)12-14-20/h6-14,17,21H,5,15-16H2,1-4H3,(H,24,27)/t21-/m1/s1. The van der Waals surface area contributed by atoms with E-state index in [1.165, 1.54) is 17.3 Å². The molecule has 0 heterocycles. The van der Waals surface area contributed by atoms with E-state index in [0.717, 1.165) is 10.5 Å². The molecular formula is C23H30N2O2S. The Hall–Kier alpha value is -2.27. The fourth-order valence-electron chi connectivity index (χ4n) is 2.94. The van der Waals surface area contributed by atoms with Gasteiger partial charge in [0.15, 0.2) is 0 Å². The SMILES string of the molecule is CC[C@H](C(=O)NC(C)C)N(Cc1ccccc1)C(=O)CSc1ccc(C)cc1. The molecule has 28 heavy (non-hydrogen) atoms. The van der Waals surface area contributed by atoms with Crippen molar-refractivity contribution in [2.75, 3.05) is 5.75 Å². The van der Waals surface area contributed by atoms with Crippen LogP contribution < -0.4 is 5.32 Å². The molecule has 2 aromatic rings. The van der Waals surface area contributed by atoms with Crippen LogP contribution in [0.25, 0.3) is 0 Å². The Kier molecular flexibility index (Phi) is 8.58. The number of carbonyl (C=O) groups is 2. The minimum absolute atomic E-state index is 0.0276. The molecule has 0 aliphatic carbocycles. The van der Waals surface area contributed by atoms with Crippen molar-refractivity contribution in [3.8, 4) is 0 Å². The van der Waals surface area contributed by atoms with Crippen LogP contribution in [0.3, 0.4) is 0 Å². The number of carbonyl (C=O) groups excluding carboxylic acids is 2. The molecule has 2 rings (SSSR count). The summed E-state index contributed by atoms with van der Waals surface area (Å²) in [6, 6.07) is 17.5. The summed E-state index contributed by atoms with van der Waals surface area (Å²) in [4.78, 5) is 28.6. The zero-order chi connectivity index (χ0) is 20.5. The third-order valence-corrected chi connectivity index (χ3v) is 5.39. The zero-order valence-electron chi connectivity index (χ0n) is 17.1. The van der Waals surface area contributed by atoms with Crippen molar-refractivity contribution < 1.29 is 9.59 Å². The van der Waals surface area contributed by atoms with Crippen LogP contribution in [0.15, 0.2) is 59.5 Å². The average Bonchev–Trinajstić information content (AvgIpc) is 2.67. The number of hydrogen-bond donors (Lipinski definition) is 1. The van der Waals surface area contributed by atoms with Crippen molar-refractivity contribution in [1.29, 1.82) is 0 Å². The zero-order valence-corrected chi connectivity index (χ0v) is 18.0. The van der Waals surface area contributed by atoms with E-state index in [4.69, 9.17) is 0 Å². The van der Waals surface area contributed by atoms with Crippen LogP contribution >= 0.6 is 11.8 Å². The van der Waals surface area contributed by atoms with Gasteiger partial charge in [-0.25, -0.2) is 0 Å². The van der Waals surface area contributed by atoms with Gasteiger partial charge in [-0.05, 0) is 44.9 Å². The number of rotatable bonds is 9. The van der Waals surface area contributed by atoms with E-state index in [9.17, 15) is 9.59 Å². The highest BCUT2D eigenvalue weighted by Crippen LogP contribution is 2.21. The maximum Gasteiger partial charge on any atom is 0.243 e. The van der Waals surface area contributed by atoms with Crippen LogP contribution in [0.1, 0.15) is 38.3 Å². The summed E-state index contributed by atoms with van der Waals surface area (Å²) in [5.41, 5.74) is 2.21. The Labute approximate surface area is 172 Å². The number of nitrogens with zero attached hydrogens (tertiary/aromatic N) is 1. The third kappa shape index (κ3) is 6.71. The van der Waals surface area contributed by atoms with Crippen molar-refractivity contribution in [1.82, 2.24) is 10.2 Å². The van der Waals surface area contributed by atoms with Crippen LogP contribution in [-0.4, -0.2) is 34.6 Å². The predicted molar refractivity (Wildman–Crippen MR) is 116 cm³/mol. The van der Waals surface area contributed by atoms with Gasteiger partial charge < -0.3 is 10.2 Å². The molecule has 0 aliphatic rings. The Morgan fingerprint density at radius 2 is 1.68 bits per heavy atom. The molecule has 0 saturated heterocycles. The number of benzene rings is 2. The van der Waals surface area contributed by atoms with Gasteiger partial charge in [0.2, 0.25) is 11.8 Å². The molecule has 0 aliphatic heterocycles. The fourth-order valence-corrected chi connectivity index (χ4v) is 3.73. The first-order chi connectivity index (χ1) is 13.4. The number of aryl methyl sites for hydroxylation is 1. The summed E-state index contributed by atoms with van der Waals surface area (Å²) in [5.74, 6) is 0.184. The second kappa shape index (κ2) is 10.9. The molecular weight excluding hydrogens is 368 g/mol. The maximum atomic E-state index is 13.1. The van der Waals surface area contributed by atoms with Crippen LogP contribution in [0, 0.1) is 6.92 Å². The van der Waals surface area contributed by atoms with E-state index in [0.29, 0.717) is 18.7 Å². The molecule has 150 valence electrons. The summed E-state index contributed by atoms with van der Waals surface area (Å²) in [7, 11) is 0. The first-order valence-electron chi connectivity index (χ1n) is 9.74. The van der Waals surface area contributed by atoms with Gasteiger partial charge in [0, 0.05) is 17.5 Å². The Bertz CT molecular complexity index is 760. The quantitative estimate of drug-likeness (QED) is 0.636. The smallest absolute Gasteiger partial charge is 0.243 e. The highest BCUT2D eigenvalue weighted by atomic mass is 32.2. The lowest BCUT2D eigenvalue weighted by atomic mass is 10.1. The number of nitrogens with one attached hydrogen (secondary N) is 1. The normalized spacial score (nSPS) is 11.9. The van der Waals surface area contributed by atoms with E-state index in [-0.39, 0.29) is 17.9 Å². The second-order valence-corrected chi connectivity index (χ2v) is 8.25. The summed E-state index contributed by atoms with van der Waals surface area (Å²) in [6.07, 6.45) is 0.576. The highest BCUT2D eigenvalue weighted by Gasteiger charge is 2.28. The van der Waals surface area contributed by atoms with E-state index < -0.39 is 6.04 Å². The third-order valence-electron chi connectivity index (χ3n) is 4.40. The van der Waals surface area contributed by atoms with E-state index in [1.807, 2.05) is 82.3 Å². The lowest BCUT2D eigenvalue weighted by Crippen LogP contribution is -2.50. The van der Waals surface area contributed by atoms with E-state index >= 15 is 0 Å². The monoisotopic (exact) mass is 398 g/mol. The average molecular weight is 399 g/mol. The summed E-state index contributed by atoms with van der Waals surface area (Å²) in [5, 5.41) is 2.96. The number of thioether (sulfide) groups is 1. The Balaban J connectivity index is 2.16. The van der Waals surface area contributed by atoms with Crippen LogP contribution in [0.5, 0.6) is 0 Å². The Morgan fingerprint density at radius 1 is 1.04 bits per heavy atom. The van der Waals surface area contributed by atoms with Gasteiger partial charge in [-0.15, -0.1) is 11.8 Å². The van der Waals surface area contributed by atoms with Gasteiger partial charge in [-0.1, -0.05) is 55.0 Å². The van der Waals surface area contributed by atoms with Crippen LogP contribution in [0.2, 0.25) is 0 Å². The molecule has 1 atom stereocenters. The molecule has 0 bridgehead atoms. The molecule has 0 saturated carbocycles. The van der Waals surface area contributed by atoms with E-state index in [1.54, 1.807) is 4.90 Å². The molecule has 5 heteroatoms. The highest BCUT2D eigenvalue weighted by molar-refractivity contribution is 8.00. The number of hydrogen-bond acceptors (Lipinski definition) is 3. The lowest BCUT2D eigenvalue weighted by Gasteiger charge is -2.31. The van der Waals surface area contributed by atoms with Gasteiger partial charge >= 0.3 is 0 Å². The maximum absolute atomic E-state index is 13.1. The van der Waals surface area contributed by atoms with Gasteiger partial charge in [0.1, 0.15) is 6.04 Å². The van der Waals surface area contributed by atoms with Crippen LogP contribution in [-0.2, 0) is 16.1 Å². The van der Waals surface area contributed by atoms with Crippen molar-refractivity contribution in [2.24, 2.45) is 0 Å². The first-order valence-corrected chi connectivity index (χ1v) is 10.7. The summed E-state index contributed by atoms with van der Waals surface area (Å²) >= 11 is 1.51. The van der Waals surface area contributed by atoms with Crippen molar-refractivity contribution in [3.05, 3.63) is 65.7 Å².